The molecule has 1 amide bonds. The number of halogens is 1. The fourth-order valence-corrected chi connectivity index (χ4v) is 2.97. The highest BCUT2D eigenvalue weighted by Crippen LogP contribution is 2.21. The van der Waals surface area contributed by atoms with Crippen LogP contribution >= 0.6 is 0 Å². The molecule has 0 spiro atoms. The van der Waals surface area contributed by atoms with Crippen molar-refractivity contribution in [1.82, 2.24) is 14.7 Å². The van der Waals surface area contributed by atoms with Crippen LogP contribution in [0.2, 0.25) is 0 Å². The highest BCUT2D eigenvalue weighted by atomic mass is 19.1. The lowest BCUT2D eigenvalue weighted by Gasteiger charge is -2.33. The Labute approximate surface area is 134 Å². The van der Waals surface area contributed by atoms with E-state index in [1.165, 1.54) is 16.9 Å². The number of carbonyl (C=O) groups is 1. The van der Waals surface area contributed by atoms with E-state index in [2.05, 4.69) is 5.10 Å². The van der Waals surface area contributed by atoms with E-state index in [0.717, 1.165) is 12.8 Å². The lowest BCUT2D eigenvalue weighted by molar-refractivity contribution is 0.0466. The van der Waals surface area contributed by atoms with Crippen molar-refractivity contribution in [1.29, 1.82) is 0 Å². The van der Waals surface area contributed by atoms with Crippen LogP contribution in [-0.2, 0) is 0 Å². The first-order valence-corrected chi connectivity index (χ1v) is 7.83. The van der Waals surface area contributed by atoms with Crippen LogP contribution in [0.25, 0.3) is 5.69 Å². The Kier molecular flexibility index (Phi) is 4.43. The summed E-state index contributed by atoms with van der Waals surface area (Å²) in [7, 11) is 0. The second-order valence-electron chi connectivity index (χ2n) is 6.02. The first-order valence-electron chi connectivity index (χ1n) is 7.83. The molecule has 0 radical (unpaired) electrons. The summed E-state index contributed by atoms with van der Waals surface area (Å²) in [5, 5.41) is 13.8. The molecule has 1 saturated heterocycles. The second kappa shape index (κ2) is 6.50. The smallest absolute Gasteiger partial charge is 0.257 e. The van der Waals surface area contributed by atoms with E-state index in [-0.39, 0.29) is 17.6 Å². The monoisotopic (exact) mass is 317 g/mol. The SMILES string of the molecule is CC(O)C1CCCN(C(=O)c2cnn(-c3ccccc3F)c2)C1. The van der Waals surface area contributed by atoms with Gasteiger partial charge in [-0.05, 0) is 31.9 Å². The summed E-state index contributed by atoms with van der Waals surface area (Å²) in [4.78, 5) is 14.3. The van der Waals surface area contributed by atoms with E-state index in [0.29, 0.717) is 24.3 Å². The largest absolute Gasteiger partial charge is 0.393 e. The number of aliphatic hydroxyl groups excluding tert-OH is 1. The summed E-state index contributed by atoms with van der Waals surface area (Å²) in [6, 6.07) is 6.30. The molecule has 2 unspecified atom stereocenters. The van der Waals surface area contributed by atoms with Crippen LogP contribution in [0.4, 0.5) is 4.39 Å². The predicted molar refractivity (Wildman–Crippen MR) is 83.8 cm³/mol. The van der Waals surface area contributed by atoms with Crippen LogP contribution in [0.1, 0.15) is 30.1 Å². The zero-order valence-electron chi connectivity index (χ0n) is 13.0. The van der Waals surface area contributed by atoms with Crippen molar-refractivity contribution in [3.8, 4) is 5.69 Å². The second-order valence-corrected chi connectivity index (χ2v) is 6.02. The number of likely N-dealkylation sites (tertiary alicyclic amines) is 1. The van der Waals surface area contributed by atoms with Gasteiger partial charge in [-0.3, -0.25) is 4.79 Å². The van der Waals surface area contributed by atoms with Crippen LogP contribution in [0.15, 0.2) is 36.7 Å². The molecule has 1 N–H and O–H groups in total. The van der Waals surface area contributed by atoms with Gasteiger partial charge in [-0.2, -0.15) is 5.10 Å². The van der Waals surface area contributed by atoms with E-state index in [4.69, 9.17) is 0 Å². The fraction of sp³-hybridized carbons (Fsp3) is 0.412. The zero-order valence-corrected chi connectivity index (χ0v) is 13.0. The molecule has 2 atom stereocenters. The summed E-state index contributed by atoms with van der Waals surface area (Å²) in [6.45, 7) is 2.98. The topological polar surface area (TPSA) is 58.4 Å². The highest BCUT2D eigenvalue weighted by Gasteiger charge is 2.27. The molecule has 1 aliphatic heterocycles. The van der Waals surface area contributed by atoms with E-state index in [1.54, 1.807) is 36.2 Å². The molecule has 1 fully saturated rings. The number of hydrogen-bond donors (Lipinski definition) is 1. The van der Waals surface area contributed by atoms with Gasteiger partial charge in [-0.15, -0.1) is 0 Å². The number of aliphatic hydroxyl groups is 1. The third-order valence-electron chi connectivity index (χ3n) is 4.36. The summed E-state index contributed by atoms with van der Waals surface area (Å²) in [6.07, 6.45) is 4.39. The van der Waals surface area contributed by atoms with Gasteiger partial charge < -0.3 is 10.0 Å². The van der Waals surface area contributed by atoms with Crippen molar-refractivity contribution >= 4 is 5.91 Å². The van der Waals surface area contributed by atoms with Gasteiger partial charge in [0.05, 0.1) is 17.9 Å². The van der Waals surface area contributed by atoms with E-state index < -0.39 is 6.10 Å². The highest BCUT2D eigenvalue weighted by molar-refractivity contribution is 5.93. The summed E-state index contributed by atoms with van der Waals surface area (Å²) < 4.78 is 15.2. The number of hydrogen-bond acceptors (Lipinski definition) is 3. The lowest BCUT2D eigenvalue weighted by Crippen LogP contribution is -2.42. The Bertz CT molecular complexity index is 699. The van der Waals surface area contributed by atoms with Crippen LogP contribution in [0.5, 0.6) is 0 Å². The van der Waals surface area contributed by atoms with Gasteiger partial charge >= 0.3 is 0 Å². The molecular formula is C17H20FN3O2. The van der Waals surface area contributed by atoms with Gasteiger partial charge in [-0.25, -0.2) is 9.07 Å². The molecule has 2 heterocycles. The number of rotatable bonds is 3. The van der Waals surface area contributed by atoms with Gasteiger partial charge in [-0.1, -0.05) is 12.1 Å². The van der Waals surface area contributed by atoms with Crippen LogP contribution < -0.4 is 0 Å². The third kappa shape index (κ3) is 3.27. The van der Waals surface area contributed by atoms with E-state index in [9.17, 15) is 14.3 Å². The van der Waals surface area contributed by atoms with Crippen molar-refractivity contribution in [2.24, 2.45) is 5.92 Å². The quantitative estimate of drug-likeness (QED) is 0.944. The minimum Gasteiger partial charge on any atom is -0.393 e. The molecule has 23 heavy (non-hydrogen) atoms. The van der Waals surface area contributed by atoms with Gasteiger partial charge in [0.1, 0.15) is 11.5 Å². The van der Waals surface area contributed by atoms with Crippen molar-refractivity contribution in [2.75, 3.05) is 13.1 Å². The minimum atomic E-state index is -0.424. The first kappa shape index (κ1) is 15.7. The molecule has 3 rings (SSSR count). The van der Waals surface area contributed by atoms with Crippen molar-refractivity contribution in [3.63, 3.8) is 0 Å². The zero-order chi connectivity index (χ0) is 16.4. The number of amides is 1. The van der Waals surface area contributed by atoms with Gasteiger partial charge in [0.25, 0.3) is 5.91 Å². The van der Waals surface area contributed by atoms with E-state index in [1.807, 2.05) is 0 Å². The fourth-order valence-electron chi connectivity index (χ4n) is 2.97. The average molecular weight is 317 g/mol. The third-order valence-corrected chi connectivity index (χ3v) is 4.36. The minimum absolute atomic E-state index is 0.106. The standard InChI is InChI=1S/C17H20FN3O2/c1-12(22)13-5-4-8-20(10-13)17(23)14-9-19-21(11-14)16-7-3-2-6-15(16)18/h2-3,6-7,9,11-13,22H,4-5,8,10H2,1H3. The Morgan fingerprint density at radius 3 is 2.96 bits per heavy atom. The maximum atomic E-state index is 13.8. The molecule has 0 aliphatic carbocycles. The Hall–Kier alpha value is -2.21. The maximum Gasteiger partial charge on any atom is 0.257 e. The Morgan fingerprint density at radius 2 is 2.22 bits per heavy atom. The molecule has 6 heteroatoms. The molecule has 1 aliphatic rings. The molecule has 1 aromatic heterocycles. The van der Waals surface area contributed by atoms with Gasteiger partial charge in [0.15, 0.2) is 0 Å². The molecule has 1 aromatic carbocycles. The van der Waals surface area contributed by atoms with Crippen LogP contribution in [0.3, 0.4) is 0 Å². The molecule has 0 saturated carbocycles. The van der Waals surface area contributed by atoms with E-state index >= 15 is 0 Å². The Balaban J connectivity index is 1.78. The predicted octanol–water partition coefficient (Wildman–Crippen LogP) is 2.24. The van der Waals surface area contributed by atoms with Crippen molar-refractivity contribution in [2.45, 2.75) is 25.9 Å². The maximum absolute atomic E-state index is 13.8. The van der Waals surface area contributed by atoms with Crippen LogP contribution in [-0.4, -0.2) is 44.9 Å². The summed E-state index contributed by atoms with van der Waals surface area (Å²) in [5.41, 5.74) is 0.742. The molecule has 2 aromatic rings. The number of para-hydroxylation sites is 1. The Morgan fingerprint density at radius 1 is 1.43 bits per heavy atom. The molecular weight excluding hydrogens is 297 g/mol. The normalized spacial score (nSPS) is 19.6. The summed E-state index contributed by atoms with van der Waals surface area (Å²) in [5.74, 6) is -0.408. The molecule has 5 nitrogen and oxygen atoms in total. The van der Waals surface area contributed by atoms with Gasteiger partial charge in [0.2, 0.25) is 0 Å². The molecule has 122 valence electrons. The van der Waals surface area contributed by atoms with Crippen molar-refractivity contribution < 1.29 is 14.3 Å². The number of benzene rings is 1. The summed E-state index contributed by atoms with van der Waals surface area (Å²) >= 11 is 0. The first-order chi connectivity index (χ1) is 11.1. The van der Waals surface area contributed by atoms with Crippen molar-refractivity contribution in [3.05, 3.63) is 48.0 Å². The van der Waals surface area contributed by atoms with Gasteiger partial charge in [0, 0.05) is 25.2 Å². The molecule has 0 bridgehead atoms. The van der Waals surface area contributed by atoms with Crippen LogP contribution in [0, 0.1) is 11.7 Å². The average Bonchev–Trinajstić information content (AvgIpc) is 3.04. The number of piperidine rings is 1. The number of aromatic nitrogens is 2. The lowest BCUT2D eigenvalue weighted by atomic mass is 9.93. The number of nitrogens with zero attached hydrogens (tertiary/aromatic N) is 3. The number of carbonyl (C=O) groups excluding carboxylic acids is 1.